The second-order valence-electron chi connectivity index (χ2n) is 8.96. The molecule has 1 N–H and O–H groups in total. The Hall–Kier alpha value is -2.88. The fourth-order valence-electron chi connectivity index (χ4n) is 4.26. The quantitative estimate of drug-likeness (QED) is 0.329. The molecule has 0 amide bonds. The molecular weight excluding hydrogens is 404 g/mol. The molecule has 0 saturated carbocycles. The maximum absolute atomic E-state index is 5.01. The van der Waals surface area contributed by atoms with Crippen LogP contribution in [0.25, 0.3) is 0 Å². The summed E-state index contributed by atoms with van der Waals surface area (Å²) in [4.78, 5) is 12.2. The van der Waals surface area contributed by atoms with E-state index in [-0.39, 0.29) is 0 Å². The predicted octanol–water partition coefficient (Wildman–Crippen LogP) is 6.67. The summed E-state index contributed by atoms with van der Waals surface area (Å²) < 4.78 is 0. The number of rotatable bonds is 10. The van der Waals surface area contributed by atoms with E-state index in [0.29, 0.717) is 5.92 Å². The number of unbranched alkanes of at least 4 members (excludes halogenated alkanes) is 1. The third kappa shape index (κ3) is 7.05. The smallest absolute Gasteiger partial charge is 0.132 e. The van der Waals surface area contributed by atoms with Crippen molar-refractivity contribution in [1.82, 2.24) is 10.3 Å². The number of aromatic nitrogens is 1. The van der Waals surface area contributed by atoms with Crippen molar-refractivity contribution in [1.29, 1.82) is 0 Å². The number of benzene rings is 1. The molecule has 33 heavy (non-hydrogen) atoms. The van der Waals surface area contributed by atoms with Gasteiger partial charge in [-0.2, -0.15) is 0 Å². The lowest BCUT2D eigenvalue weighted by molar-refractivity contribution is 0.703. The zero-order chi connectivity index (χ0) is 23.5. The van der Waals surface area contributed by atoms with Gasteiger partial charge < -0.3 is 10.2 Å². The molecule has 1 aromatic carbocycles. The Morgan fingerprint density at radius 1 is 1.18 bits per heavy atom. The lowest BCUT2D eigenvalue weighted by Crippen LogP contribution is -2.36. The normalized spacial score (nSPS) is 15.9. The first-order chi connectivity index (χ1) is 16.1. The highest BCUT2D eigenvalue weighted by atomic mass is 15.2. The lowest BCUT2D eigenvalue weighted by atomic mass is 9.96. The van der Waals surface area contributed by atoms with Crippen molar-refractivity contribution >= 4 is 11.7 Å². The van der Waals surface area contributed by atoms with Crippen LogP contribution in [0.1, 0.15) is 70.4 Å². The fraction of sp³-hybridized carbons (Fsp3) is 0.448. The molecule has 0 fully saturated rings. The van der Waals surface area contributed by atoms with Gasteiger partial charge in [0, 0.05) is 25.8 Å². The highest BCUT2D eigenvalue weighted by Crippen LogP contribution is 2.30. The second-order valence-corrected chi connectivity index (χ2v) is 8.96. The first-order valence-corrected chi connectivity index (χ1v) is 12.5. The summed E-state index contributed by atoms with van der Waals surface area (Å²) >= 11 is 0. The van der Waals surface area contributed by atoms with Crippen LogP contribution in [0.3, 0.4) is 0 Å². The minimum absolute atomic E-state index is 0.514. The van der Waals surface area contributed by atoms with E-state index < -0.39 is 0 Å². The number of hydrogen-bond acceptors (Lipinski definition) is 3. The van der Waals surface area contributed by atoms with E-state index in [2.05, 4.69) is 92.7 Å². The molecule has 0 aliphatic carbocycles. The van der Waals surface area contributed by atoms with Crippen molar-refractivity contribution in [3.63, 3.8) is 0 Å². The molecule has 4 nitrogen and oxygen atoms in total. The van der Waals surface area contributed by atoms with Crippen LogP contribution in [0.15, 0.2) is 77.1 Å². The van der Waals surface area contributed by atoms with Gasteiger partial charge in [0.2, 0.25) is 0 Å². The van der Waals surface area contributed by atoms with E-state index >= 15 is 0 Å². The molecule has 1 aromatic heterocycles. The Kier molecular flexibility index (Phi) is 9.74. The molecule has 0 spiro atoms. The summed E-state index contributed by atoms with van der Waals surface area (Å²) in [7, 11) is 0. The third-order valence-corrected chi connectivity index (χ3v) is 6.43. The van der Waals surface area contributed by atoms with Crippen molar-refractivity contribution < 1.29 is 0 Å². The van der Waals surface area contributed by atoms with Crippen LogP contribution in [0, 0.1) is 0 Å². The fourth-order valence-corrected chi connectivity index (χ4v) is 4.26. The van der Waals surface area contributed by atoms with Gasteiger partial charge in [0.05, 0.1) is 0 Å². The Labute approximate surface area is 200 Å². The zero-order valence-electron chi connectivity index (χ0n) is 20.8. The standard InChI is InChI=1S/C29H40N4/c1-5-7-11-18-30-28(31-20-16-25-13-9-8-10-14-25)26-17-21-33(22-24(26)4)29-27(23(3)6-2)15-12-19-32-29/h8-15,18-19,23H,5-7,16-17,20-22H2,1-4H3,(H,30,31)/b18-11+. The third-order valence-electron chi connectivity index (χ3n) is 6.43. The van der Waals surface area contributed by atoms with Gasteiger partial charge >= 0.3 is 0 Å². The highest BCUT2D eigenvalue weighted by molar-refractivity contribution is 6.00. The molecular formula is C29H40N4. The number of hydrogen-bond donors (Lipinski definition) is 1. The van der Waals surface area contributed by atoms with Crippen LogP contribution >= 0.6 is 0 Å². The van der Waals surface area contributed by atoms with Crippen molar-refractivity contribution in [2.75, 3.05) is 24.5 Å². The molecule has 2 aromatic rings. The van der Waals surface area contributed by atoms with Crippen LogP contribution < -0.4 is 10.2 Å². The summed E-state index contributed by atoms with van der Waals surface area (Å²) in [6, 6.07) is 14.9. The van der Waals surface area contributed by atoms with Gasteiger partial charge in [0.15, 0.2) is 0 Å². The first-order valence-electron chi connectivity index (χ1n) is 12.5. The zero-order valence-corrected chi connectivity index (χ0v) is 20.8. The lowest BCUT2D eigenvalue weighted by Gasteiger charge is -2.33. The van der Waals surface area contributed by atoms with E-state index in [1.54, 1.807) is 0 Å². The number of pyridine rings is 1. The van der Waals surface area contributed by atoms with E-state index in [0.717, 1.165) is 63.4 Å². The molecule has 1 aliphatic rings. The second kappa shape index (κ2) is 13.0. The van der Waals surface area contributed by atoms with E-state index in [4.69, 9.17) is 9.98 Å². The molecule has 3 rings (SSSR count). The van der Waals surface area contributed by atoms with Gasteiger partial charge in [-0.1, -0.05) is 69.7 Å². The van der Waals surface area contributed by atoms with Crippen molar-refractivity contribution in [3.8, 4) is 0 Å². The summed E-state index contributed by atoms with van der Waals surface area (Å²) in [5.41, 5.74) is 5.40. The van der Waals surface area contributed by atoms with Gasteiger partial charge in [0.1, 0.15) is 11.7 Å². The molecule has 0 bridgehead atoms. The van der Waals surface area contributed by atoms with E-state index in [1.807, 2.05) is 6.20 Å². The van der Waals surface area contributed by atoms with Gasteiger partial charge in [-0.15, -0.1) is 0 Å². The van der Waals surface area contributed by atoms with Gasteiger partial charge in [-0.3, -0.25) is 4.99 Å². The predicted molar refractivity (Wildman–Crippen MR) is 142 cm³/mol. The summed E-state index contributed by atoms with van der Waals surface area (Å²) in [6.45, 7) is 11.6. The maximum Gasteiger partial charge on any atom is 0.132 e. The van der Waals surface area contributed by atoms with E-state index in [1.165, 1.54) is 22.3 Å². The Bertz CT molecular complexity index is 959. The molecule has 1 aliphatic heterocycles. The summed E-state index contributed by atoms with van der Waals surface area (Å²) in [5.74, 6) is 2.68. The largest absolute Gasteiger partial charge is 0.352 e. The minimum Gasteiger partial charge on any atom is -0.352 e. The first kappa shape index (κ1) is 24.8. The van der Waals surface area contributed by atoms with Gasteiger partial charge in [-0.25, -0.2) is 4.98 Å². The molecule has 1 atom stereocenters. The van der Waals surface area contributed by atoms with Crippen LogP contribution in [-0.2, 0) is 6.42 Å². The Morgan fingerprint density at radius 3 is 2.73 bits per heavy atom. The Morgan fingerprint density at radius 2 is 2.00 bits per heavy atom. The van der Waals surface area contributed by atoms with E-state index in [9.17, 15) is 0 Å². The van der Waals surface area contributed by atoms with Gasteiger partial charge in [0.25, 0.3) is 0 Å². The molecule has 0 saturated heterocycles. The summed E-state index contributed by atoms with van der Waals surface area (Å²) in [6.07, 6.45) is 11.5. The number of amidine groups is 1. The van der Waals surface area contributed by atoms with Crippen molar-refractivity contribution in [2.45, 2.75) is 65.7 Å². The average Bonchev–Trinajstić information content (AvgIpc) is 2.86. The van der Waals surface area contributed by atoms with Crippen molar-refractivity contribution in [2.24, 2.45) is 4.99 Å². The molecule has 4 heteroatoms. The van der Waals surface area contributed by atoms with Gasteiger partial charge in [-0.05, 0) is 73.1 Å². The molecule has 176 valence electrons. The van der Waals surface area contributed by atoms with Crippen LogP contribution in [0.2, 0.25) is 0 Å². The molecule has 1 unspecified atom stereocenters. The summed E-state index contributed by atoms with van der Waals surface area (Å²) in [5, 5.41) is 3.51. The average molecular weight is 445 g/mol. The van der Waals surface area contributed by atoms with Crippen LogP contribution in [0.4, 0.5) is 5.82 Å². The van der Waals surface area contributed by atoms with Crippen LogP contribution in [0.5, 0.6) is 0 Å². The highest BCUT2D eigenvalue weighted by Gasteiger charge is 2.23. The SMILES string of the molecule is CCC/C=C/NC(=NCCc1ccccc1)C1=C(C)CN(c2ncccc2C(C)CC)CC1. The number of nitrogens with one attached hydrogen (secondary N) is 1. The monoisotopic (exact) mass is 444 g/mol. The number of aliphatic imine (C=N–C) groups is 1. The number of allylic oxidation sites excluding steroid dienone is 1. The minimum atomic E-state index is 0.514. The molecule has 0 radical (unpaired) electrons. The number of anilines is 1. The Balaban J connectivity index is 1.78. The topological polar surface area (TPSA) is 40.5 Å². The molecule has 2 heterocycles. The van der Waals surface area contributed by atoms with Crippen molar-refractivity contribution in [3.05, 3.63) is 83.2 Å². The number of nitrogens with zero attached hydrogens (tertiary/aromatic N) is 3. The maximum atomic E-state index is 5.01. The van der Waals surface area contributed by atoms with Crippen LogP contribution in [-0.4, -0.2) is 30.5 Å².